The molecule has 0 radical (unpaired) electrons. The number of carbonyl (C=O) groups excluding carboxylic acids is 2. The lowest BCUT2D eigenvalue weighted by Gasteiger charge is -2.37. The molecule has 278 valence electrons. The van der Waals surface area contributed by atoms with Crippen LogP contribution in [0.2, 0.25) is 26.2 Å². The first-order valence-electron chi connectivity index (χ1n) is 19.4. The summed E-state index contributed by atoms with van der Waals surface area (Å²) in [6.45, 7) is 31.1. The van der Waals surface area contributed by atoms with Crippen LogP contribution >= 0.6 is 0 Å². The number of benzene rings is 4. The predicted octanol–water partition coefficient (Wildman–Crippen LogP) is 10.4. The van der Waals surface area contributed by atoms with E-state index in [0.29, 0.717) is 0 Å². The molecular weight excluding hydrogens is 669 g/mol. The van der Waals surface area contributed by atoms with Gasteiger partial charge in [-0.3, -0.25) is 9.59 Å². The van der Waals surface area contributed by atoms with Crippen molar-refractivity contribution in [1.29, 1.82) is 0 Å². The Morgan fingerprint density at radius 2 is 0.712 bits per heavy atom. The molecule has 6 heteroatoms. The van der Waals surface area contributed by atoms with E-state index in [1.165, 1.54) is 10.4 Å². The number of carbonyl (C=O) groups is 2. The molecule has 4 aromatic carbocycles. The Morgan fingerprint density at radius 1 is 0.423 bits per heavy atom. The van der Waals surface area contributed by atoms with Crippen LogP contribution in [0.25, 0.3) is 11.1 Å². The number of rotatable bonds is 13. The van der Waals surface area contributed by atoms with Gasteiger partial charge in [0.1, 0.15) is 0 Å². The van der Waals surface area contributed by atoms with Gasteiger partial charge >= 0.3 is 0 Å². The van der Waals surface area contributed by atoms with E-state index < -0.39 is 16.1 Å². The fraction of sp³-hybridized carbons (Fsp3) is 0.435. The van der Waals surface area contributed by atoms with E-state index >= 15 is 9.59 Å². The van der Waals surface area contributed by atoms with E-state index in [0.717, 1.165) is 33.4 Å². The highest BCUT2D eigenvalue weighted by molar-refractivity contribution is 6.91. The lowest BCUT2D eigenvalue weighted by atomic mass is 9.87. The Hall–Kier alpha value is -3.75. The Balaban J connectivity index is 2.13. The third-order valence-corrected chi connectivity index (χ3v) is 20.3. The predicted molar refractivity (Wildman–Crippen MR) is 229 cm³/mol. The van der Waals surface area contributed by atoms with Gasteiger partial charge in [-0.05, 0) is 88.7 Å². The van der Waals surface area contributed by atoms with Crippen LogP contribution in [-0.2, 0) is 0 Å². The third kappa shape index (κ3) is 8.08. The summed E-state index contributed by atoms with van der Waals surface area (Å²) in [6.07, 6.45) is 0. The van der Waals surface area contributed by atoms with Crippen molar-refractivity contribution in [2.45, 2.75) is 131 Å². The van der Waals surface area contributed by atoms with Crippen LogP contribution in [0.5, 0.6) is 0 Å². The van der Waals surface area contributed by atoms with Crippen molar-refractivity contribution in [3.05, 3.63) is 119 Å². The molecule has 0 aliphatic carbocycles. The van der Waals surface area contributed by atoms with Crippen molar-refractivity contribution in [3.63, 3.8) is 0 Å². The van der Waals surface area contributed by atoms with Gasteiger partial charge in [-0.1, -0.05) is 147 Å². The van der Waals surface area contributed by atoms with Gasteiger partial charge in [0.15, 0.2) is 0 Å². The van der Waals surface area contributed by atoms with Crippen molar-refractivity contribution in [3.8, 4) is 11.1 Å². The molecule has 4 aromatic rings. The average Bonchev–Trinajstić information content (AvgIpc) is 3.10. The fourth-order valence-electron chi connectivity index (χ4n) is 8.19. The second kappa shape index (κ2) is 16.5. The van der Waals surface area contributed by atoms with E-state index in [2.05, 4.69) is 192 Å². The maximum atomic E-state index is 15.3. The summed E-state index contributed by atoms with van der Waals surface area (Å²) in [6, 6.07) is 34.4. The lowest BCUT2D eigenvalue weighted by Crippen LogP contribution is -2.48. The minimum atomic E-state index is -2.13. The fourth-order valence-corrected chi connectivity index (χ4v) is 13.3. The molecule has 52 heavy (non-hydrogen) atoms. The van der Waals surface area contributed by atoms with Gasteiger partial charge in [0, 0.05) is 24.2 Å². The molecule has 0 aliphatic rings. The van der Waals surface area contributed by atoms with Gasteiger partial charge < -0.3 is 9.80 Å². The largest absolute Gasteiger partial charge is 0.334 e. The highest BCUT2D eigenvalue weighted by Crippen LogP contribution is 2.41. The summed E-state index contributed by atoms with van der Waals surface area (Å²) < 4.78 is 0. The molecule has 0 saturated heterocycles. The Kier molecular flexibility index (Phi) is 13.0. The molecule has 0 fully saturated rings. The molecule has 0 bridgehead atoms. The van der Waals surface area contributed by atoms with Crippen molar-refractivity contribution in [1.82, 2.24) is 9.80 Å². The molecule has 0 N–H and O–H groups in total. The first-order valence-corrected chi connectivity index (χ1v) is 25.5. The summed E-state index contributed by atoms with van der Waals surface area (Å²) >= 11 is 0. The second-order valence-electron chi connectivity index (χ2n) is 17.0. The molecule has 0 saturated carbocycles. The van der Waals surface area contributed by atoms with Crippen molar-refractivity contribution < 1.29 is 9.59 Å². The third-order valence-electron chi connectivity index (χ3n) is 11.7. The summed E-state index contributed by atoms with van der Waals surface area (Å²) in [5, 5.41) is 2.72. The first-order chi connectivity index (χ1) is 24.3. The highest BCUT2D eigenvalue weighted by atomic mass is 28.3. The number of hydrogen-bond donors (Lipinski definition) is 0. The molecule has 0 heterocycles. The van der Waals surface area contributed by atoms with Crippen LogP contribution in [0.15, 0.2) is 97.1 Å². The molecular formula is C46H64N2O2Si2. The normalized spacial score (nSPS) is 13.5. The zero-order chi connectivity index (χ0) is 38.7. The lowest BCUT2D eigenvalue weighted by molar-refractivity contribution is 0.0631. The van der Waals surface area contributed by atoms with Gasteiger partial charge in [0.2, 0.25) is 0 Å². The van der Waals surface area contributed by atoms with E-state index in [1.54, 1.807) is 0 Å². The van der Waals surface area contributed by atoms with E-state index in [-0.39, 0.29) is 47.1 Å². The highest BCUT2D eigenvalue weighted by Gasteiger charge is 2.39. The van der Waals surface area contributed by atoms with Crippen LogP contribution in [0.3, 0.4) is 0 Å². The Labute approximate surface area is 317 Å². The molecule has 0 aliphatic heterocycles. The van der Waals surface area contributed by atoms with E-state index in [4.69, 9.17) is 0 Å². The zero-order valence-corrected chi connectivity index (χ0v) is 36.4. The topological polar surface area (TPSA) is 40.6 Å². The summed E-state index contributed by atoms with van der Waals surface area (Å²) in [7, 11) is -4.26. The Bertz CT molecular complexity index is 1680. The average molecular weight is 733 g/mol. The number of amides is 2. The second-order valence-corrected chi connectivity index (χ2v) is 26.7. The molecule has 4 nitrogen and oxygen atoms in total. The quantitative estimate of drug-likeness (QED) is 0.128. The molecule has 4 rings (SSSR count). The van der Waals surface area contributed by atoms with Crippen LogP contribution in [0, 0.1) is 0 Å². The minimum absolute atomic E-state index is 0.00518. The standard InChI is InChI=1S/C46H64N2O2Si2/c1-31(2)47(32(3)4)45(49)43-39(35(9)51(11,12)37-23-17-15-18-24-37)27-21-29-41(43)42-30-22-28-40(44(42)46(50)48(33(5)6)34(7)8)36(10)52(13,14)38-25-19-16-20-26-38/h15-36H,1-14H3/t35-,36-/m0/s1. The van der Waals surface area contributed by atoms with E-state index in [9.17, 15) is 0 Å². The van der Waals surface area contributed by atoms with Gasteiger partial charge in [-0.2, -0.15) is 0 Å². The smallest absolute Gasteiger partial charge is 0.255 e. The maximum Gasteiger partial charge on any atom is 0.255 e. The zero-order valence-electron chi connectivity index (χ0n) is 34.4. The summed E-state index contributed by atoms with van der Waals surface area (Å²) in [5.41, 5.74) is 5.54. The van der Waals surface area contributed by atoms with Crippen LogP contribution < -0.4 is 10.4 Å². The number of hydrogen-bond acceptors (Lipinski definition) is 2. The molecule has 0 spiro atoms. The monoisotopic (exact) mass is 732 g/mol. The number of nitrogens with zero attached hydrogens (tertiary/aromatic N) is 2. The van der Waals surface area contributed by atoms with Crippen LogP contribution in [0.4, 0.5) is 0 Å². The summed E-state index contributed by atoms with van der Waals surface area (Å²) in [5.74, 6) is 0.0569. The van der Waals surface area contributed by atoms with Gasteiger partial charge in [-0.15, -0.1) is 0 Å². The van der Waals surface area contributed by atoms with Crippen molar-refractivity contribution in [2.24, 2.45) is 0 Å². The first kappa shape index (κ1) is 41.0. The molecule has 2 atom stereocenters. The molecule has 0 unspecified atom stereocenters. The van der Waals surface area contributed by atoms with E-state index in [1.807, 2.05) is 9.80 Å². The van der Waals surface area contributed by atoms with Crippen molar-refractivity contribution in [2.75, 3.05) is 0 Å². The van der Waals surface area contributed by atoms with Crippen molar-refractivity contribution >= 4 is 38.3 Å². The van der Waals surface area contributed by atoms with Crippen LogP contribution in [-0.4, -0.2) is 61.9 Å². The van der Waals surface area contributed by atoms with Gasteiger partial charge in [0.05, 0.1) is 27.3 Å². The summed E-state index contributed by atoms with van der Waals surface area (Å²) in [4.78, 5) is 34.5. The van der Waals surface area contributed by atoms with Crippen LogP contribution in [0.1, 0.15) is 112 Å². The van der Waals surface area contributed by atoms with Gasteiger partial charge in [-0.25, -0.2) is 0 Å². The molecule has 0 aromatic heterocycles. The maximum absolute atomic E-state index is 15.3. The molecule has 2 amide bonds. The van der Waals surface area contributed by atoms with Gasteiger partial charge in [0.25, 0.3) is 11.8 Å². The SMILES string of the molecule is CC(C)N(C(=O)c1c(-c2cccc([C@H](C)[Si](C)(C)c3ccccc3)c2C(=O)N(C(C)C)C(C)C)cccc1[C@H](C)[Si](C)(C)c1ccccc1)C(C)C. The minimum Gasteiger partial charge on any atom is -0.334 e. The Morgan fingerprint density at radius 3 is 0.981 bits per heavy atom.